The smallest absolute Gasteiger partial charge is 0.260 e. The quantitative estimate of drug-likeness (QED) is 0.433. The van der Waals surface area contributed by atoms with Crippen LogP contribution in [0.1, 0.15) is 12.5 Å². The zero-order chi connectivity index (χ0) is 23.3. The number of carbonyl (C=O) groups is 1. The number of rotatable bonds is 4. The summed E-state index contributed by atoms with van der Waals surface area (Å²) in [5.74, 6) is 0.193. The molecule has 0 unspecified atom stereocenters. The molecule has 0 bridgehead atoms. The summed E-state index contributed by atoms with van der Waals surface area (Å²) in [7, 11) is 0. The molecule has 4 aromatic rings. The Morgan fingerprint density at radius 3 is 2.74 bits per heavy atom. The Bertz CT molecular complexity index is 1390. The molecule has 0 aliphatic carbocycles. The molecule has 34 heavy (non-hydrogen) atoms. The molecule has 0 saturated carbocycles. The first-order valence-corrected chi connectivity index (χ1v) is 11.2. The molecule has 3 N–H and O–H groups in total. The predicted octanol–water partition coefficient (Wildman–Crippen LogP) is 3.14. The Labute approximate surface area is 196 Å². The van der Waals surface area contributed by atoms with Crippen molar-refractivity contribution in [1.29, 1.82) is 0 Å². The second-order valence-corrected chi connectivity index (χ2v) is 8.69. The van der Waals surface area contributed by atoms with Crippen LogP contribution in [0.5, 0.6) is 0 Å². The maximum Gasteiger partial charge on any atom is 0.260 e. The van der Waals surface area contributed by atoms with Gasteiger partial charge in [0.2, 0.25) is 0 Å². The minimum Gasteiger partial charge on any atom is -0.378 e. The maximum absolute atomic E-state index is 12.1. The molecule has 2 aliphatic rings. The van der Waals surface area contributed by atoms with Crippen LogP contribution in [-0.4, -0.2) is 51.7 Å². The van der Waals surface area contributed by atoms with Crippen LogP contribution < -0.4 is 15.5 Å². The van der Waals surface area contributed by atoms with Crippen molar-refractivity contribution in [3.05, 3.63) is 66.6 Å². The Hall–Kier alpha value is -3.95. The second-order valence-electron chi connectivity index (χ2n) is 8.69. The van der Waals surface area contributed by atoms with Crippen LogP contribution in [0.3, 0.4) is 0 Å². The molecule has 0 radical (unpaired) electrons. The number of anilines is 4. The molecular formula is C25H24N6O3. The lowest BCUT2D eigenvalue weighted by molar-refractivity contribution is -0.131. The normalized spacial score (nSPS) is 19.8. The lowest BCUT2D eigenvalue weighted by atomic mass is 9.96. The van der Waals surface area contributed by atoms with E-state index in [0.29, 0.717) is 28.4 Å². The average Bonchev–Trinajstić information content (AvgIpc) is 3.42. The number of nitrogens with one attached hydrogen (secondary N) is 2. The number of hydrogen-bond acceptors (Lipinski definition) is 7. The zero-order valence-electron chi connectivity index (χ0n) is 18.7. The lowest BCUT2D eigenvalue weighted by Crippen LogP contribution is -2.36. The Morgan fingerprint density at radius 2 is 1.94 bits per heavy atom. The first-order valence-electron chi connectivity index (χ1n) is 11.2. The summed E-state index contributed by atoms with van der Waals surface area (Å²) in [5.41, 5.74) is 3.92. The van der Waals surface area contributed by atoms with Crippen molar-refractivity contribution in [3.8, 4) is 11.3 Å². The number of ether oxygens (including phenoxy) is 1. The molecule has 2 aromatic carbocycles. The van der Waals surface area contributed by atoms with E-state index < -0.39 is 11.5 Å². The first-order chi connectivity index (χ1) is 16.5. The fourth-order valence-corrected chi connectivity index (χ4v) is 4.47. The average molecular weight is 457 g/mol. The van der Waals surface area contributed by atoms with Crippen molar-refractivity contribution >= 4 is 34.4 Å². The summed E-state index contributed by atoms with van der Waals surface area (Å²) in [6.45, 7) is 4.77. The van der Waals surface area contributed by atoms with Crippen LogP contribution in [0.2, 0.25) is 0 Å². The van der Waals surface area contributed by atoms with Gasteiger partial charge in [-0.2, -0.15) is 0 Å². The number of benzene rings is 2. The number of carbonyl (C=O) groups excluding carboxylic acids is 1. The lowest BCUT2D eigenvalue weighted by Gasteiger charge is -2.28. The second kappa shape index (κ2) is 7.82. The van der Waals surface area contributed by atoms with Crippen molar-refractivity contribution in [2.75, 3.05) is 41.8 Å². The van der Waals surface area contributed by atoms with E-state index in [0.717, 1.165) is 43.2 Å². The number of aromatic nitrogens is 3. The molecule has 9 nitrogen and oxygen atoms in total. The molecular weight excluding hydrogens is 432 g/mol. The van der Waals surface area contributed by atoms with Crippen LogP contribution in [0.4, 0.5) is 22.9 Å². The van der Waals surface area contributed by atoms with Gasteiger partial charge in [0, 0.05) is 59.9 Å². The van der Waals surface area contributed by atoms with E-state index in [9.17, 15) is 9.90 Å². The largest absolute Gasteiger partial charge is 0.378 e. The van der Waals surface area contributed by atoms with Gasteiger partial charge >= 0.3 is 0 Å². The molecule has 1 saturated heterocycles. The van der Waals surface area contributed by atoms with Gasteiger partial charge in [0.05, 0.1) is 18.9 Å². The molecule has 1 amide bonds. The molecule has 1 atom stereocenters. The van der Waals surface area contributed by atoms with Crippen molar-refractivity contribution < 1.29 is 14.6 Å². The van der Waals surface area contributed by atoms with Gasteiger partial charge in [-0.05, 0) is 37.3 Å². The van der Waals surface area contributed by atoms with Gasteiger partial charge in [-0.1, -0.05) is 12.1 Å². The number of aliphatic hydroxyl groups is 1. The molecule has 2 aromatic heterocycles. The van der Waals surface area contributed by atoms with Crippen LogP contribution in [0.25, 0.3) is 16.9 Å². The summed E-state index contributed by atoms with van der Waals surface area (Å²) in [6.07, 6.45) is 5.49. The monoisotopic (exact) mass is 456 g/mol. The summed E-state index contributed by atoms with van der Waals surface area (Å²) < 4.78 is 7.35. The molecule has 0 spiro atoms. The van der Waals surface area contributed by atoms with Crippen molar-refractivity contribution in [2.45, 2.75) is 12.5 Å². The number of fused-ring (bicyclic) bond motifs is 2. The molecule has 6 rings (SSSR count). The van der Waals surface area contributed by atoms with Gasteiger partial charge < -0.3 is 29.8 Å². The van der Waals surface area contributed by atoms with Crippen LogP contribution in [0, 0.1) is 0 Å². The van der Waals surface area contributed by atoms with Gasteiger partial charge in [0.1, 0.15) is 0 Å². The van der Waals surface area contributed by atoms with Crippen LogP contribution in [-0.2, 0) is 15.1 Å². The van der Waals surface area contributed by atoms with Gasteiger partial charge in [-0.25, -0.2) is 9.97 Å². The highest BCUT2D eigenvalue weighted by Crippen LogP contribution is 2.38. The highest BCUT2D eigenvalue weighted by Gasteiger charge is 2.40. The SMILES string of the molecule is C[C@@]1(O)C(=O)Nc2cc(-c3cn4ccnc4c(Nc4ccc(N5CCOCC5)cc4)n3)ccc21. The number of imidazole rings is 1. The topological polar surface area (TPSA) is 104 Å². The van der Waals surface area contributed by atoms with Crippen LogP contribution in [0.15, 0.2) is 61.1 Å². The molecule has 4 heterocycles. The molecule has 9 heteroatoms. The van der Waals surface area contributed by atoms with Crippen molar-refractivity contribution in [2.24, 2.45) is 0 Å². The number of morpholine rings is 1. The third-order valence-corrected chi connectivity index (χ3v) is 6.41. The summed E-state index contributed by atoms with van der Waals surface area (Å²) >= 11 is 0. The minimum absolute atomic E-state index is 0.430. The Kier molecular flexibility index (Phi) is 4.75. The highest BCUT2D eigenvalue weighted by atomic mass is 16.5. The third-order valence-electron chi connectivity index (χ3n) is 6.41. The zero-order valence-corrected chi connectivity index (χ0v) is 18.7. The van der Waals surface area contributed by atoms with E-state index in [2.05, 4.69) is 32.7 Å². The van der Waals surface area contributed by atoms with E-state index in [1.165, 1.54) is 6.92 Å². The number of amides is 1. The third kappa shape index (κ3) is 3.46. The van der Waals surface area contributed by atoms with Crippen molar-refractivity contribution in [1.82, 2.24) is 14.4 Å². The predicted molar refractivity (Wildman–Crippen MR) is 129 cm³/mol. The fourth-order valence-electron chi connectivity index (χ4n) is 4.47. The summed E-state index contributed by atoms with van der Waals surface area (Å²) in [6, 6.07) is 13.7. The molecule has 1 fully saturated rings. The summed E-state index contributed by atoms with van der Waals surface area (Å²) in [5, 5.41) is 16.6. The van der Waals surface area contributed by atoms with Crippen LogP contribution >= 0.6 is 0 Å². The fraction of sp³-hybridized carbons (Fsp3) is 0.240. The Morgan fingerprint density at radius 1 is 1.15 bits per heavy atom. The van der Waals surface area contributed by atoms with Crippen molar-refractivity contribution in [3.63, 3.8) is 0 Å². The number of hydrogen-bond donors (Lipinski definition) is 3. The van der Waals surface area contributed by atoms with Gasteiger partial charge in [0.25, 0.3) is 5.91 Å². The van der Waals surface area contributed by atoms with E-state index in [-0.39, 0.29) is 0 Å². The van der Waals surface area contributed by atoms with E-state index >= 15 is 0 Å². The van der Waals surface area contributed by atoms with E-state index in [1.54, 1.807) is 12.3 Å². The van der Waals surface area contributed by atoms with Gasteiger partial charge in [-0.3, -0.25) is 4.79 Å². The Balaban J connectivity index is 1.32. The standard InChI is InChI=1S/C25H24N6O3/c1-25(33)19-7-2-16(14-20(19)29-24(25)32)21-15-31-9-8-26-23(31)22(28-21)27-17-3-5-18(6-4-17)30-10-12-34-13-11-30/h2-9,14-15,33H,10-13H2,1H3,(H,27,28)(H,29,32)/t25-/m0/s1. The van der Waals surface area contributed by atoms with E-state index in [4.69, 9.17) is 9.72 Å². The van der Waals surface area contributed by atoms with Gasteiger partial charge in [0.15, 0.2) is 17.1 Å². The minimum atomic E-state index is -1.53. The maximum atomic E-state index is 12.1. The molecule has 172 valence electrons. The molecule has 2 aliphatic heterocycles. The van der Waals surface area contributed by atoms with Gasteiger partial charge in [-0.15, -0.1) is 0 Å². The highest BCUT2D eigenvalue weighted by molar-refractivity contribution is 6.05. The van der Waals surface area contributed by atoms with E-state index in [1.807, 2.05) is 41.1 Å². The summed E-state index contributed by atoms with van der Waals surface area (Å²) in [4.78, 5) is 23.7. The first kappa shape index (κ1) is 20.6. The number of nitrogens with zero attached hydrogens (tertiary/aromatic N) is 4.